The Bertz CT molecular complexity index is 1160. The van der Waals surface area contributed by atoms with Gasteiger partial charge in [-0.15, -0.1) is 0 Å². The van der Waals surface area contributed by atoms with Crippen LogP contribution in [0.2, 0.25) is 10.1 Å². The SMILES string of the molecule is CCC(=O)OC[C@H](CO[Si](c1ccccc1)(c1ccccc1)C(C)(C)C)Cc1cc(Cl)ccc1[N+](=O)[O-]. The molecule has 3 rings (SSSR count). The van der Waals surface area contributed by atoms with Crippen molar-refractivity contribution in [3.63, 3.8) is 0 Å². The van der Waals surface area contributed by atoms with Gasteiger partial charge in [0.1, 0.15) is 0 Å². The van der Waals surface area contributed by atoms with Gasteiger partial charge in [0.05, 0.1) is 11.5 Å². The summed E-state index contributed by atoms with van der Waals surface area (Å²) >= 11 is 6.19. The van der Waals surface area contributed by atoms with Gasteiger partial charge in [-0.25, -0.2) is 0 Å². The van der Waals surface area contributed by atoms with E-state index in [0.29, 0.717) is 10.6 Å². The summed E-state index contributed by atoms with van der Waals surface area (Å²) < 4.78 is 12.6. The zero-order chi connectivity index (χ0) is 27.1. The van der Waals surface area contributed by atoms with E-state index in [1.54, 1.807) is 13.0 Å². The van der Waals surface area contributed by atoms with E-state index in [1.807, 2.05) is 36.4 Å². The molecule has 0 unspecified atom stereocenters. The Morgan fingerprint density at radius 2 is 1.54 bits per heavy atom. The molecule has 37 heavy (non-hydrogen) atoms. The first-order chi connectivity index (χ1) is 17.6. The van der Waals surface area contributed by atoms with Gasteiger partial charge in [0, 0.05) is 35.6 Å². The number of halogens is 1. The lowest BCUT2D eigenvalue weighted by atomic mass is 9.99. The average molecular weight is 540 g/mol. The number of benzene rings is 3. The maximum Gasteiger partial charge on any atom is 0.305 e. The van der Waals surface area contributed by atoms with Crippen LogP contribution in [0.5, 0.6) is 0 Å². The molecule has 0 spiro atoms. The number of carbonyl (C=O) groups excluding carboxylic acids is 1. The van der Waals surface area contributed by atoms with Gasteiger partial charge in [-0.1, -0.05) is 100.0 Å². The summed E-state index contributed by atoms with van der Waals surface area (Å²) in [5.41, 5.74) is 0.475. The topological polar surface area (TPSA) is 78.7 Å². The van der Waals surface area contributed by atoms with E-state index in [2.05, 4.69) is 45.0 Å². The predicted octanol–water partition coefficient (Wildman–Crippen LogP) is 5.94. The summed E-state index contributed by atoms with van der Waals surface area (Å²) in [6.07, 6.45) is 0.533. The van der Waals surface area contributed by atoms with Crippen molar-refractivity contribution < 1.29 is 18.9 Å². The van der Waals surface area contributed by atoms with Crippen LogP contribution in [-0.2, 0) is 20.4 Å². The molecule has 1 atom stereocenters. The van der Waals surface area contributed by atoms with Crippen LogP contribution in [0.4, 0.5) is 5.69 Å². The molecule has 0 saturated carbocycles. The Kier molecular flexibility index (Phi) is 9.65. The fourth-order valence-electron chi connectivity index (χ4n) is 4.69. The monoisotopic (exact) mass is 539 g/mol. The molecule has 0 aliphatic rings. The van der Waals surface area contributed by atoms with Gasteiger partial charge in [0.15, 0.2) is 0 Å². The Balaban J connectivity index is 2.03. The van der Waals surface area contributed by atoms with Crippen LogP contribution in [0, 0.1) is 16.0 Å². The number of nitro benzene ring substituents is 1. The zero-order valence-corrected chi connectivity index (χ0v) is 23.5. The van der Waals surface area contributed by atoms with Crippen LogP contribution in [-0.4, -0.2) is 32.4 Å². The third-order valence-electron chi connectivity index (χ3n) is 6.47. The summed E-state index contributed by atoms with van der Waals surface area (Å²) in [4.78, 5) is 23.3. The van der Waals surface area contributed by atoms with Gasteiger partial charge in [0.2, 0.25) is 0 Å². The Hall–Kier alpha value is -3.00. The van der Waals surface area contributed by atoms with E-state index in [9.17, 15) is 14.9 Å². The van der Waals surface area contributed by atoms with Crippen molar-refractivity contribution in [1.29, 1.82) is 0 Å². The van der Waals surface area contributed by atoms with Gasteiger partial charge in [0.25, 0.3) is 14.0 Å². The summed E-state index contributed by atoms with van der Waals surface area (Å²) in [7, 11) is -2.84. The normalized spacial score (nSPS) is 12.7. The lowest BCUT2D eigenvalue weighted by molar-refractivity contribution is -0.385. The molecule has 0 amide bonds. The second-order valence-electron chi connectivity index (χ2n) is 10.1. The van der Waals surface area contributed by atoms with E-state index in [-0.39, 0.29) is 48.7 Å². The van der Waals surface area contributed by atoms with Crippen molar-refractivity contribution in [3.05, 3.63) is 99.6 Å². The number of esters is 1. The third-order valence-corrected chi connectivity index (χ3v) is 11.7. The Labute approximate surface area is 224 Å². The highest BCUT2D eigenvalue weighted by atomic mass is 35.5. The molecule has 8 heteroatoms. The van der Waals surface area contributed by atoms with Crippen molar-refractivity contribution in [1.82, 2.24) is 0 Å². The zero-order valence-electron chi connectivity index (χ0n) is 21.8. The summed E-state index contributed by atoms with van der Waals surface area (Å²) in [5, 5.41) is 14.1. The minimum Gasteiger partial charge on any atom is -0.465 e. The van der Waals surface area contributed by atoms with Crippen molar-refractivity contribution >= 4 is 41.9 Å². The standard InChI is InChI=1S/C29H34ClNO5Si/c1-5-28(32)35-20-22(18-23-19-24(30)16-17-27(23)31(33)34)21-36-37(29(2,3)4,25-12-8-6-9-13-25)26-14-10-7-11-15-26/h6-17,19,22H,5,18,20-21H2,1-4H3/t22-/m1/s1. The van der Waals surface area contributed by atoms with Crippen molar-refractivity contribution in [2.45, 2.75) is 45.6 Å². The molecule has 0 fully saturated rings. The van der Waals surface area contributed by atoms with Crippen molar-refractivity contribution in [3.8, 4) is 0 Å². The second kappa shape index (κ2) is 12.5. The lowest BCUT2D eigenvalue weighted by Gasteiger charge is -2.43. The maximum absolute atomic E-state index is 12.0. The molecule has 0 bridgehead atoms. The first-order valence-electron chi connectivity index (χ1n) is 12.4. The molecule has 0 aliphatic heterocycles. The van der Waals surface area contributed by atoms with E-state index in [4.69, 9.17) is 20.8 Å². The molecular weight excluding hydrogens is 506 g/mol. The summed E-state index contributed by atoms with van der Waals surface area (Å²) in [6.45, 7) is 8.65. The molecule has 6 nitrogen and oxygen atoms in total. The summed E-state index contributed by atoms with van der Waals surface area (Å²) in [6, 6.07) is 25.0. The molecule has 0 aliphatic carbocycles. The molecule has 3 aromatic rings. The molecule has 3 aromatic carbocycles. The number of nitro groups is 1. The van der Waals surface area contributed by atoms with Crippen LogP contribution >= 0.6 is 11.6 Å². The molecule has 0 radical (unpaired) electrons. The van der Waals surface area contributed by atoms with E-state index in [0.717, 1.165) is 10.4 Å². The maximum atomic E-state index is 12.0. The number of hydrogen-bond donors (Lipinski definition) is 0. The minimum atomic E-state index is -2.84. The van der Waals surface area contributed by atoms with Crippen molar-refractivity contribution in [2.24, 2.45) is 5.92 Å². The molecule has 0 N–H and O–H groups in total. The predicted molar refractivity (Wildman–Crippen MR) is 150 cm³/mol. The van der Waals surface area contributed by atoms with Crippen molar-refractivity contribution in [2.75, 3.05) is 13.2 Å². The fourth-order valence-corrected chi connectivity index (χ4v) is 9.53. The van der Waals surface area contributed by atoms with Gasteiger partial charge < -0.3 is 9.16 Å². The highest BCUT2D eigenvalue weighted by Crippen LogP contribution is 2.37. The molecule has 196 valence electrons. The lowest BCUT2D eigenvalue weighted by Crippen LogP contribution is -2.67. The quantitative estimate of drug-likeness (QED) is 0.130. The second-order valence-corrected chi connectivity index (χ2v) is 14.9. The fraction of sp³-hybridized carbons (Fsp3) is 0.345. The van der Waals surface area contributed by atoms with Gasteiger partial charge in [-0.05, 0) is 34.0 Å². The highest BCUT2D eigenvalue weighted by molar-refractivity contribution is 6.99. The molecule has 0 heterocycles. The van der Waals surface area contributed by atoms with E-state index >= 15 is 0 Å². The van der Waals surface area contributed by atoms with Gasteiger partial charge in [-0.3, -0.25) is 14.9 Å². The molecule has 0 aromatic heterocycles. The van der Waals surface area contributed by atoms with Crippen LogP contribution in [0.3, 0.4) is 0 Å². The smallest absolute Gasteiger partial charge is 0.305 e. The summed E-state index contributed by atoms with van der Waals surface area (Å²) in [5.74, 6) is -0.634. The average Bonchev–Trinajstić information content (AvgIpc) is 2.87. The van der Waals surface area contributed by atoms with Crippen LogP contribution in [0.1, 0.15) is 39.7 Å². The molecular formula is C29H34ClNO5Si. The van der Waals surface area contributed by atoms with Crippen LogP contribution in [0.15, 0.2) is 78.9 Å². The van der Waals surface area contributed by atoms with Crippen LogP contribution in [0.25, 0.3) is 0 Å². The minimum absolute atomic E-state index is 0.0123. The van der Waals surface area contributed by atoms with Gasteiger partial charge in [-0.2, -0.15) is 0 Å². The Morgan fingerprint density at radius 3 is 2.03 bits per heavy atom. The van der Waals surface area contributed by atoms with Gasteiger partial charge >= 0.3 is 5.97 Å². The highest BCUT2D eigenvalue weighted by Gasteiger charge is 2.50. The van der Waals surface area contributed by atoms with Crippen LogP contribution < -0.4 is 10.4 Å². The first-order valence-corrected chi connectivity index (χ1v) is 14.7. The number of ether oxygens (including phenoxy) is 1. The van der Waals surface area contributed by atoms with E-state index < -0.39 is 13.2 Å². The number of hydrogen-bond acceptors (Lipinski definition) is 5. The molecule has 0 saturated heterocycles. The number of carbonyl (C=O) groups is 1. The Morgan fingerprint density at radius 1 is 0.973 bits per heavy atom. The largest absolute Gasteiger partial charge is 0.465 e. The third kappa shape index (κ3) is 6.86. The number of nitrogens with zero attached hydrogens (tertiary/aromatic N) is 1. The number of rotatable bonds is 11. The van der Waals surface area contributed by atoms with E-state index in [1.165, 1.54) is 12.1 Å². The first kappa shape index (κ1) is 28.6.